The Kier molecular flexibility index (Phi) is 2.46. The molecule has 0 saturated carbocycles. The zero-order valence-corrected chi connectivity index (χ0v) is 7.79. The molecular weight excluding hydrogens is 158 g/mol. The molecule has 0 spiro atoms. The quantitative estimate of drug-likeness (QED) is 0.644. The maximum Gasteiger partial charge on any atom is 0.0326 e. The lowest BCUT2D eigenvalue weighted by atomic mass is 9.96. The predicted molar refractivity (Wildman–Crippen MR) is 55.6 cm³/mol. The average Bonchev–Trinajstić information content (AvgIpc) is 2.20. The highest BCUT2D eigenvalue weighted by Crippen LogP contribution is 2.23. The Balaban J connectivity index is 2.07. The van der Waals surface area contributed by atoms with Crippen LogP contribution in [0.4, 0.5) is 0 Å². The van der Waals surface area contributed by atoms with E-state index in [1.165, 1.54) is 17.6 Å². The second kappa shape index (κ2) is 3.75. The molecule has 1 aliphatic heterocycles. The molecule has 1 aliphatic rings. The average molecular weight is 173 g/mol. The van der Waals surface area contributed by atoms with Gasteiger partial charge in [0.1, 0.15) is 0 Å². The number of benzene rings is 1. The molecule has 0 amide bonds. The number of hydrogen-bond donors (Lipinski definition) is 1. The maximum absolute atomic E-state index is 3.98. The summed E-state index contributed by atoms with van der Waals surface area (Å²) in [6.45, 7) is 4.95. The lowest BCUT2D eigenvalue weighted by molar-refractivity contribution is 0.473. The van der Waals surface area contributed by atoms with Crippen LogP contribution >= 0.6 is 0 Å². The van der Waals surface area contributed by atoms with Gasteiger partial charge in [0, 0.05) is 12.6 Å². The number of piperidine rings is 1. The minimum atomic E-state index is 0.534. The standard InChI is InChI=1S/C12H15N/c1-10-7-8-12(13-9-10)11-5-3-2-4-6-11/h2-6,12-13H,1,7-9H2. The van der Waals surface area contributed by atoms with Gasteiger partial charge in [0.2, 0.25) is 0 Å². The molecule has 1 unspecified atom stereocenters. The van der Waals surface area contributed by atoms with Crippen LogP contribution in [-0.4, -0.2) is 6.54 Å². The Morgan fingerprint density at radius 1 is 1.23 bits per heavy atom. The second-order valence-electron chi connectivity index (χ2n) is 3.63. The third kappa shape index (κ3) is 1.99. The summed E-state index contributed by atoms with van der Waals surface area (Å²) >= 11 is 0. The summed E-state index contributed by atoms with van der Waals surface area (Å²) in [5.41, 5.74) is 2.72. The molecular formula is C12H15N. The first-order valence-corrected chi connectivity index (χ1v) is 4.81. The van der Waals surface area contributed by atoms with Crippen molar-refractivity contribution >= 4 is 0 Å². The fourth-order valence-corrected chi connectivity index (χ4v) is 1.78. The molecule has 1 nitrogen and oxygen atoms in total. The van der Waals surface area contributed by atoms with Crippen LogP contribution < -0.4 is 5.32 Å². The molecule has 1 N–H and O–H groups in total. The minimum Gasteiger partial charge on any atom is -0.306 e. The summed E-state index contributed by atoms with van der Waals surface area (Å²) < 4.78 is 0. The van der Waals surface area contributed by atoms with Crippen molar-refractivity contribution in [3.05, 3.63) is 48.0 Å². The highest BCUT2D eigenvalue weighted by molar-refractivity contribution is 5.21. The van der Waals surface area contributed by atoms with Crippen LogP contribution in [0, 0.1) is 0 Å². The molecule has 13 heavy (non-hydrogen) atoms. The molecule has 0 aromatic heterocycles. The number of hydrogen-bond acceptors (Lipinski definition) is 1. The van der Waals surface area contributed by atoms with E-state index in [9.17, 15) is 0 Å². The van der Waals surface area contributed by atoms with Crippen LogP contribution in [0.2, 0.25) is 0 Å². The van der Waals surface area contributed by atoms with Gasteiger partial charge in [-0.25, -0.2) is 0 Å². The van der Waals surface area contributed by atoms with Gasteiger partial charge in [0.25, 0.3) is 0 Å². The maximum atomic E-state index is 3.98. The van der Waals surface area contributed by atoms with Crippen molar-refractivity contribution in [1.82, 2.24) is 5.32 Å². The monoisotopic (exact) mass is 173 g/mol. The normalized spacial score (nSPS) is 23.1. The van der Waals surface area contributed by atoms with Gasteiger partial charge in [0.15, 0.2) is 0 Å². The zero-order chi connectivity index (χ0) is 9.10. The SMILES string of the molecule is C=C1CCC(c2ccccc2)NC1. The van der Waals surface area contributed by atoms with Gasteiger partial charge in [-0.15, -0.1) is 0 Å². The van der Waals surface area contributed by atoms with E-state index in [2.05, 4.69) is 42.2 Å². The van der Waals surface area contributed by atoms with Gasteiger partial charge in [-0.2, -0.15) is 0 Å². The van der Waals surface area contributed by atoms with E-state index in [-0.39, 0.29) is 0 Å². The molecule has 68 valence electrons. The Bertz CT molecular complexity index is 279. The highest BCUT2D eigenvalue weighted by atomic mass is 14.9. The van der Waals surface area contributed by atoms with Gasteiger partial charge < -0.3 is 5.32 Å². The molecule has 0 bridgehead atoms. The molecule has 0 radical (unpaired) electrons. The molecule has 1 fully saturated rings. The molecule has 1 atom stereocenters. The Morgan fingerprint density at radius 3 is 2.62 bits per heavy atom. The van der Waals surface area contributed by atoms with Gasteiger partial charge in [0.05, 0.1) is 0 Å². The first-order valence-electron chi connectivity index (χ1n) is 4.81. The van der Waals surface area contributed by atoms with Crippen LogP contribution in [0.25, 0.3) is 0 Å². The second-order valence-corrected chi connectivity index (χ2v) is 3.63. The lowest BCUT2D eigenvalue weighted by Crippen LogP contribution is -2.28. The lowest BCUT2D eigenvalue weighted by Gasteiger charge is -2.25. The zero-order valence-electron chi connectivity index (χ0n) is 7.79. The van der Waals surface area contributed by atoms with E-state index in [0.29, 0.717) is 6.04 Å². The van der Waals surface area contributed by atoms with E-state index in [1.54, 1.807) is 0 Å². The van der Waals surface area contributed by atoms with Crippen LogP contribution in [0.3, 0.4) is 0 Å². The molecule has 2 rings (SSSR count). The van der Waals surface area contributed by atoms with Crippen molar-refractivity contribution in [2.75, 3.05) is 6.54 Å². The molecule has 1 aromatic carbocycles. The first-order chi connectivity index (χ1) is 6.36. The van der Waals surface area contributed by atoms with Crippen molar-refractivity contribution in [3.8, 4) is 0 Å². The van der Waals surface area contributed by atoms with Crippen LogP contribution in [-0.2, 0) is 0 Å². The highest BCUT2D eigenvalue weighted by Gasteiger charge is 2.15. The molecule has 1 heteroatoms. The molecule has 0 aliphatic carbocycles. The third-order valence-electron chi connectivity index (χ3n) is 2.59. The smallest absolute Gasteiger partial charge is 0.0326 e. The Labute approximate surface area is 79.5 Å². The van der Waals surface area contributed by atoms with Crippen LogP contribution in [0.1, 0.15) is 24.4 Å². The van der Waals surface area contributed by atoms with Crippen LogP contribution in [0.5, 0.6) is 0 Å². The fraction of sp³-hybridized carbons (Fsp3) is 0.333. The van der Waals surface area contributed by atoms with E-state index >= 15 is 0 Å². The summed E-state index contributed by atoms with van der Waals surface area (Å²) in [5, 5.41) is 3.49. The Hall–Kier alpha value is -1.08. The van der Waals surface area contributed by atoms with Crippen molar-refractivity contribution in [3.63, 3.8) is 0 Å². The number of rotatable bonds is 1. The molecule has 1 heterocycles. The summed E-state index contributed by atoms with van der Waals surface area (Å²) in [6, 6.07) is 11.2. The number of nitrogens with one attached hydrogen (secondary N) is 1. The van der Waals surface area contributed by atoms with E-state index in [0.717, 1.165) is 13.0 Å². The van der Waals surface area contributed by atoms with Crippen LogP contribution in [0.15, 0.2) is 42.5 Å². The minimum absolute atomic E-state index is 0.534. The topological polar surface area (TPSA) is 12.0 Å². The van der Waals surface area contributed by atoms with Crippen molar-refractivity contribution in [2.45, 2.75) is 18.9 Å². The summed E-state index contributed by atoms with van der Waals surface area (Å²) in [4.78, 5) is 0. The van der Waals surface area contributed by atoms with Gasteiger partial charge >= 0.3 is 0 Å². The molecule has 1 saturated heterocycles. The first kappa shape index (κ1) is 8.52. The van der Waals surface area contributed by atoms with E-state index in [1.807, 2.05) is 0 Å². The van der Waals surface area contributed by atoms with Crippen molar-refractivity contribution in [1.29, 1.82) is 0 Å². The summed E-state index contributed by atoms with van der Waals surface area (Å²) in [5.74, 6) is 0. The van der Waals surface area contributed by atoms with Gasteiger partial charge in [-0.3, -0.25) is 0 Å². The van der Waals surface area contributed by atoms with E-state index in [4.69, 9.17) is 0 Å². The summed E-state index contributed by atoms with van der Waals surface area (Å²) in [7, 11) is 0. The Morgan fingerprint density at radius 2 is 2.00 bits per heavy atom. The van der Waals surface area contributed by atoms with Gasteiger partial charge in [-0.05, 0) is 18.4 Å². The van der Waals surface area contributed by atoms with Crippen molar-refractivity contribution in [2.24, 2.45) is 0 Å². The van der Waals surface area contributed by atoms with Gasteiger partial charge in [-0.1, -0.05) is 42.5 Å². The van der Waals surface area contributed by atoms with Crippen molar-refractivity contribution < 1.29 is 0 Å². The largest absolute Gasteiger partial charge is 0.306 e. The fourth-order valence-electron chi connectivity index (χ4n) is 1.78. The molecule has 1 aromatic rings. The summed E-state index contributed by atoms with van der Waals surface area (Å²) in [6.07, 6.45) is 2.34. The van der Waals surface area contributed by atoms with E-state index < -0.39 is 0 Å². The predicted octanol–water partition coefficient (Wildman–Crippen LogP) is 2.67. The third-order valence-corrected chi connectivity index (χ3v) is 2.59.